The Labute approximate surface area is 211 Å². The summed E-state index contributed by atoms with van der Waals surface area (Å²) in [6, 6.07) is 8.80. The average molecular weight is 520 g/mol. The van der Waals surface area contributed by atoms with Crippen molar-refractivity contribution in [1.82, 2.24) is 10.7 Å². The zero-order valence-corrected chi connectivity index (χ0v) is 20.8. The molecule has 0 aliphatic heterocycles. The molecule has 2 amide bonds. The number of halogens is 2. The lowest BCUT2D eigenvalue weighted by atomic mass is 9.93. The Hall–Kier alpha value is -2.81. The Balaban J connectivity index is 1.38. The number of nitrogens with zero attached hydrogens (tertiary/aromatic N) is 1. The molecular formula is C24H23Cl2N3O4S. The van der Waals surface area contributed by atoms with Crippen molar-refractivity contribution in [3.8, 4) is 5.75 Å². The third-order valence-electron chi connectivity index (χ3n) is 5.34. The minimum atomic E-state index is -0.432. The van der Waals surface area contributed by atoms with Crippen LogP contribution in [0.1, 0.15) is 45.2 Å². The number of hydrogen-bond acceptors (Lipinski definition) is 6. The highest BCUT2D eigenvalue weighted by Gasteiger charge is 2.28. The Kier molecular flexibility index (Phi) is 7.92. The summed E-state index contributed by atoms with van der Waals surface area (Å²) < 4.78 is 11.3. The number of carbonyl (C=O) groups is 2. The van der Waals surface area contributed by atoms with Crippen molar-refractivity contribution in [3.63, 3.8) is 0 Å². The van der Waals surface area contributed by atoms with Gasteiger partial charge in [-0.3, -0.25) is 9.59 Å². The molecule has 0 unspecified atom stereocenters. The van der Waals surface area contributed by atoms with Crippen LogP contribution in [0.4, 0.5) is 0 Å². The predicted octanol–water partition coefficient (Wildman–Crippen LogP) is 5.16. The Morgan fingerprint density at radius 3 is 2.85 bits per heavy atom. The van der Waals surface area contributed by atoms with Crippen LogP contribution in [0.2, 0.25) is 10.0 Å². The van der Waals surface area contributed by atoms with Gasteiger partial charge in [-0.1, -0.05) is 29.3 Å². The number of rotatable bonds is 8. The molecule has 0 atom stereocenters. The van der Waals surface area contributed by atoms with Crippen molar-refractivity contribution in [2.45, 2.75) is 32.6 Å². The topological polar surface area (TPSA) is 92.9 Å². The van der Waals surface area contributed by atoms with Gasteiger partial charge in [-0.2, -0.15) is 5.10 Å². The summed E-state index contributed by atoms with van der Waals surface area (Å²) in [4.78, 5) is 26.2. The molecule has 0 bridgehead atoms. The normalized spacial score (nSPS) is 14.0. The molecule has 0 fully saturated rings. The largest absolute Gasteiger partial charge is 0.482 e. The van der Waals surface area contributed by atoms with Crippen LogP contribution in [0.3, 0.4) is 0 Å². The van der Waals surface area contributed by atoms with Crippen molar-refractivity contribution in [2.75, 3.05) is 13.2 Å². The standard InChI is InChI=1S/C24H23Cl2N3O4S/c1-14-22-18(28-29-21(30)13-32-19-8-7-15(25)12-17(19)26)5-2-6-20(22)33-23(14)24(31)27-10-9-16-4-3-11-34-16/h3-4,7-8,11-12H,2,5-6,9-10,13H2,1H3,(H,27,31)(H,29,30)/b28-18+. The lowest BCUT2D eigenvalue weighted by molar-refractivity contribution is -0.123. The van der Waals surface area contributed by atoms with Gasteiger partial charge in [0, 0.05) is 34.0 Å². The van der Waals surface area contributed by atoms with E-state index < -0.39 is 5.91 Å². The summed E-state index contributed by atoms with van der Waals surface area (Å²) in [6.07, 6.45) is 2.96. The second-order valence-electron chi connectivity index (χ2n) is 7.75. The first-order valence-electron chi connectivity index (χ1n) is 10.8. The van der Waals surface area contributed by atoms with Crippen molar-refractivity contribution in [2.24, 2.45) is 5.10 Å². The summed E-state index contributed by atoms with van der Waals surface area (Å²) in [5, 5.41) is 10.0. The Morgan fingerprint density at radius 2 is 2.09 bits per heavy atom. The van der Waals surface area contributed by atoms with E-state index in [2.05, 4.69) is 15.8 Å². The van der Waals surface area contributed by atoms with E-state index >= 15 is 0 Å². The molecule has 178 valence electrons. The third-order valence-corrected chi connectivity index (χ3v) is 6.80. The smallest absolute Gasteiger partial charge is 0.287 e. The van der Waals surface area contributed by atoms with Gasteiger partial charge in [0.15, 0.2) is 12.4 Å². The van der Waals surface area contributed by atoms with E-state index in [1.807, 2.05) is 24.4 Å². The van der Waals surface area contributed by atoms with Crippen LogP contribution in [-0.4, -0.2) is 30.7 Å². The first-order valence-corrected chi connectivity index (χ1v) is 12.4. The molecule has 0 saturated heterocycles. The highest BCUT2D eigenvalue weighted by Crippen LogP contribution is 2.30. The fourth-order valence-corrected chi connectivity index (χ4v) is 4.90. The average Bonchev–Trinajstić information content (AvgIpc) is 3.45. The number of hydrazone groups is 1. The van der Waals surface area contributed by atoms with Crippen molar-refractivity contribution < 1.29 is 18.7 Å². The number of fused-ring (bicyclic) bond motifs is 1. The van der Waals surface area contributed by atoms with Crippen molar-refractivity contribution >= 4 is 52.1 Å². The van der Waals surface area contributed by atoms with Crippen LogP contribution in [0, 0.1) is 6.92 Å². The van der Waals surface area contributed by atoms with E-state index in [9.17, 15) is 9.59 Å². The minimum Gasteiger partial charge on any atom is -0.482 e. The molecule has 0 spiro atoms. The summed E-state index contributed by atoms with van der Waals surface area (Å²) in [6.45, 7) is 2.11. The number of aryl methyl sites for hydroxylation is 1. The summed E-state index contributed by atoms with van der Waals surface area (Å²) in [5.74, 6) is 0.676. The van der Waals surface area contributed by atoms with Gasteiger partial charge in [-0.25, -0.2) is 5.43 Å². The molecule has 7 nitrogen and oxygen atoms in total. The van der Waals surface area contributed by atoms with Gasteiger partial charge in [0.25, 0.3) is 11.8 Å². The Morgan fingerprint density at radius 1 is 1.24 bits per heavy atom. The molecule has 2 aromatic heterocycles. The second-order valence-corrected chi connectivity index (χ2v) is 9.63. The summed E-state index contributed by atoms with van der Waals surface area (Å²) >= 11 is 13.6. The van der Waals surface area contributed by atoms with Gasteiger partial charge in [-0.15, -0.1) is 11.3 Å². The molecule has 0 saturated carbocycles. The Bertz CT molecular complexity index is 1220. The van der Waals surface area contributed by atoms with Crippen LogP contribution < -0.4 is 15.5 Å². The number of furan rings is 1. The monoisotopic (exact) mass is 519 g/mol. The van der Waals surface area contributed by atoms with Gasteiger partial charge >= 0.3 is 0 Å². The maximum absolute atomic E-state index is 12.7. The zero-order chi connectivity index (χ0) is 24.1. The number of carbonyl (C=O) groups excluding carboxylic acids is 2. The molecular weight excluding hydrogens is 497 g/mol. The first-order chi connectivity index (χ1) is 16.4. The number of ether oxygens (including phenoxy) is 1. The van der Waals surface area contributed by atoms with Gasteiger partial charge in [0.1, 0.15) is 11.5 Å². The van der Waals surface area contributed by atoms with E-state index in [1.54, 1.807) is 23.5 Å². The number of amides is 2. The molecule has 1 aliphatic rings. The third kappa shape index (κ3) is 5.81. The van der Waals surface area contributed by atoms with Gasteiger partial charge in [0.2, 0.25) is 0 Å². The lowest BCUT2D eigenvalue weighted by Gasteiger charge is -2.13. The quantitative estimate of drug-likeness (QED) is 0.401. The molecule has 1 aliphatic carbocycles. The summed E-state index contributed by atoms with van der Waals surface area (Å²) in [5.41, 5.74) is 4.71. The van der Waals surface area contributed by atoms with Crippen molar-refractivity contribution in [1.29, 1.82) is 0 Å². The molecule has 10 heteroatoms. The van der Waals surface area contributed by atoms with Gasteiger partial charge < -0.3 is 14.5 Å². The van der Waals surface area contributed by atoms with Crippen LogP contribution in [0.5, 0.6) is 5.75 Å². The van der Waals surface area contributed by atoms with Crippen molar-refractivity contribution in [3.05, 3.63) is 73.3 Å². The molecule has 3 aromatic rings. The van der Waals surface area contributed by atoms with Crippen LogP contribution >= 0.6 is 34.5 Å². The van der Waals surface area contributed by atoms with E-state index in [0.717, 1.165) is 24.0 Å². The second kappa shape index (κ2) is 11.1. The fraction of sp³-hybridized carbons (Fsp3) is 0.292. The zero-order valence-electron chi connectivity index (χ0n) is 18.5. The predicted molar refractivity (Wildman–Crippen MR) is 133 cm³/mol. The van der Waals surface area contributed by atoms with Crippen LogP contribution in [-0.2, 0) is 17.6 Å². The highest BCUT2D eigenvalue weighted by atomic mass is 35.5. The lowest BCUT2D eigenvalue weighted by Crippen LogP contribution is -2.27. The van der Waals surface area contributed by atoms with Gasteiger partial charge in [0.05, 0.1) is 10.7 Å². The molecule has 2 heterocycles. The SMILES string of the molecule is Cc1c(C(=O)NCCc2cccs2)oc2c1/C(=N/NC(=O)COc1ccc(Cl)cc1Cl)CCC2. The van der Waals surface area contributed by atoms with E-state index in [1.165, 1.54) is 10.9 Å². The van der Waals surface area contributed by atoms with E-state index in [4.69, 9.17) is 32.4 Å². The highest BCUT2D eigenvalue weighted by molar-refractivity contribution is 7.09. The number of hydrogen-bond donors (Lipinski definition) is 2. The summed E-state index contributed by atoms with van der Waals surface area (Å²) in [7, 11) is 0. The first kappa shape index (κ1) is 24.3. The fourth-order valence-electron chi connectivity index (χ4n) is 3.73. The van der Waals surface area contributed by atoms with E-state index in [0.29, 0.717) is 46.7 Å². The number of nitrogens with one attached hydrogen (secondary N) is 2. The van der Waals surface area contributed by atoms with Crippen LogP contribution in [0.15, 0.2) is 45.2 Å². The van der Waals surface area contributed by atoms with E-state index in [-0.39, 0.29) is 18.3 Å². The molecule has 1 aromatic carbocycles. The number of benzene rings is 1. The molecule has 34 heavy (non-hydrogen) atoms. The van der Waals surface area contributed by atoms with Crippen LogP contribution in [0.25, 0.3) is 0 Å². The maximum Gasteiger partial charge on any atom is 0.287 e. The molecule has 2 N–H and O–H groups in total. The number of thiophene rings is 1. The molecule has 0 radical (unpaired) electrons. The van der Waals surface area contributed by atoms with Gasteiger partial charge in [-0.05, 0) is 55.8 Å². The molecule has 4 rings (SSSR count). The maximum atomic E-state index is 12.7. The minimum absolute atomic E-state index is 0.250.